The van der Waals surface area contributed by atoms with E-state index < -0.39 is 6.43 Å². The summed E-state index contributed by atoms with van der Waals surface area (Å²) in [6.07, 6.45) is -1.02. The molecule has 0 saturated heterocycles. The summed E-state index contributed by atoms with van der Waals surface area (Å²) in [5.74, 6) is -0.0804. The lowest BCUT2D eigenvalue weighted by Crippen LogP contribution is -2.24. The third kappa shape index (κ3) is 6.66. The van der Waals surface area contributed by atoms with Gasteiger partial charge in [-0.25, -0.2) is 8.78 Å². The van der Waals surface area contributed by atoms with Gasteiger partial charge in [0.15, 0.2) is 0 Å². The zero-order valence-electron chi connectivity index (χ0n) is 9.66. The van der Waals surface area contributed by atoms with Gasteiger partial charge in [-0.3, -0.25) is 4.79 Å². The zero-order chi connectivity index (χ0) is 12.5. The summed E-state index contributed by atoms with van der Waals surface area (Å²) in [7, 11) is 0. The minimum atomic E-state index is -2.28. The first-order chi connectivity index (χ1) is 8.18. The predicted octanol–water partition coefficient (Wildman–Crippen LogP) is 2.78. The van der Waals surface area contributed by atoms with E-state index in [0.717, 1.165) is 5.56 Å². The molecule has 0 aliphatic heterocycles. The highest BCUT2D eigenvalue weighted by molar-refractivity contribution is 5.76. The number of halogens is 2. The number of carbonyl (C=O) groups is 1. The molecule has 1 aromatic rings. The average Bonchev–Trinajstić information content (AvgIpc) is 2.33. The molecule has 1 amide bonds. The van der Waals surface area contributed by atoms with Crippen LogP contribution in [0.1, 0.15) is 24.8 Å². The molecule has 0 fully saturated rings. The van der Waals surface area contributed by atoms with Gasteiger partial charge in [-0.1, -0.05) is 30.3 Å². The van der Waals surface area contributed by atoms with E-state index in [1.807, 2.05) is 30.3 Å². The predicted molar refractivity (Wildman–Crippen MR) is 63.0 cm³/mol. The Balaban J connectivity index is 2.09. The van der Waals surface area contributed by atoms with Gasteiger partial charge in [0.2, 0.25) is 12.3 Å². The molecule has 94 valence electrons. The lowest BCUT2D eigenvalue weighted by molar-refractivity contribution is -0.121. The Morgan fingerprint density at radius 3 is 2.59 bits per heavy atom. The smallest absolute Gasteiger partial charge is 0.238 e. The molecule has 0 aliphatic rings. The van der Waals surface area contributed by atoms with Crippen LogP contribution in [0.5, 0.6) is 0 Å². The number of nitrogens with one attached hydrogen (secondary N) is 1. The summed E-state index contributed by atoms with van der Waals surface area (Å²) < 4.78 is 23.6. The van der Waals surface area contributed by atoms with Gasteiger partial charge in [0.1, 0.15) is 0 Å². The lowest BCUT2D eigenvalue weighted by atomic mass is 10.1. The number of hydrogen-bond donors (Lipinski definition) is 1. The molecule has 0 bridgehead atoms. The molecule has 0 atom stereocenters. The van der Waals surface area contributed by atoms with Crippen molar-refractivity contribution in [2.75, 3.05) is 6.54 Å². The van der Waals surface area contributed by atoms with Crippen molar-refractivity contribution in [2.24, 2.45) is 0 Å². The van der Waals surface area contributed by atoms with Crippen molar-refractivity contribution in [2.45, 2.75) is 32.1 Å². The molecule has 1 aromatic carbocycles. The van der Waals surface area contributed by atoms with Crippen molar-refractivity contribution in [3.05, 3.63) is 35.9 Å². The molecule has 0 aliphatic carbocycles. The number of aryl methyl sites for hydroxylation is 1. The maximum atomic E-state index is 11.8. The highest BCUT2D eigenvalue weighted by Crippen LogP contribution is 2.03. The maximum Gasteiger partial charge on any atom is 0.238 e. The topological polar surface area (TPSA) is 29.1 Å². The molecule has 4 heteroatoms. The van der Waals surface area contributed by atoms with Crippen molar-refractivity contribution < 1.29 is 13.6 Å². The number of hydrogen-bond acceptors (Lipinski definition) is 1. The number of rotatable bonds is 7. The zero-order valence-corrected chi connectivity index (χ0v) is 9.66. The van der Waals surface area contributed by atoms with Gasteiger partial charge >= 0.3 is 0 Å². The average molecular weight is 241 g/mol. The maximum absolute atomic E-state index is 11.8. The number of benzene rings is 1. The van der Waals surface area contributed by atoms with Gasteiger partial charge in [0.25, 0.3) is 0 Å². The highest BCUT2D eigenvalue weighted by Gasteiger charge is 2.04. The van der Waals surface area contributed by atoms with E-state index in [0.29, 0.717) is 25.8 Å². The van der Waals surface area contributed by atoms with E-state index in [1.165, 1.54) is 0 Å². The number of carbonyl (C=O) groups excluding carboxylic acids is 1. The van der Waals surface area contributed by atoms with Crippen LogP contribution < -0.4 is 5.32 Å². The van der Waals surface area contributed by atoms with Crippen molar-refractivity contribution >= 4 is 5.91 Å². The van der Waals surface area contributed by atoms with Crippen LogP contribution in [0.2, 0.25) is 0 Å². The molecular weight excluding hydrogens is 224 g/mol. The van der Waals surface area contributed by atoms with Crippen molar-refractivity contribution in [1.29, 1.82) is 0 Å². The Bertz CT molecular complexity index is 327. The van der Waals surface area contributed by atoms with Gasteiger partial charge in [-0.2, -0.15) is 0 Å². The number of alkyl halides is 2. The first-order valence-electron chi connectivity index (χ1n) is 5.77. The monoisotopic (exact) mass is 241 g/mol. The molecular formula is C13H17F2NO. The third-order valence-corrected chi connectivity index (χ3v) is 2.40. The Hall–Kier alpha value is -1.45. The summed E-state index contributed by atoms with van der Waals surface area (Å²) >= 11 is 0. The minimum absolute atomic E-state index is 0.0804. The Morgan fingerprint density at radius 1 is 1.24 bits per heavy atom. The van der Waals surface area contributed by atoms with Crippen LogP contribution in [0.25, 0.3) is 0 Å². The first kappa shape index (κ1) is 13.6. The second kappa shape index (κ2) is 7.76. The SMILES string of the molecule is O=C(CCc1ccccc1)NCCCC(F)F. The van der Waals surface area contributed by atoms with Crippen LogP contribution >= 0.6 is 0 Å². The first-order valence-corrected chi connectivity index (χ1v) is 5.77. The van der Waals surface area contributed by atoms with E-state index >= 15 is 0 Å². The van der Waals surface area contributed by atoms with Crippen LogP contribution in [0.3, 0.4) is 0 Å². The van der Waals surface area contributed by atoms with Gasteiger partial charge < -0.3 is 5.32 Å². The van der Waals surface area contributed by atoms with Gasteiger partial charge in [-0.05, 0) is 18.4 Å². The second-order valence-corrected chi connectivity index (χ2v) is 3.87. The van der Waals surface area contributed by atoms with Crippen molar-refractivity contribution in [3.8, 4) is 0 Å². The number of amides is 1. The summed E-state index contributed by atoms with van der Waals surface area (Å²) in [4.78, 5) is 11.4. The molecule has 1 N–H and O–H groups in total. The summed E-state index contributed by atoms with van der Waals surface area (Å²) in [5.41, 5.74) is 1.11. The Labute approximate surface area is 100 Å². The Morgan fingerprint density at radius 2 is 1.94 bits per heavy atom. The van der Waals surface area contributed by atoms with E-state index in [2.05, 4.69) is 5.32 Å². The molecule has 17 heavy (non-hydrogen) atoms. The second-order valence-electron chi connectivity index (χ2n) is 3.87. The largest absolute Gasteiger partial charge is 0.356 e. The third-order valence-electron chi connectivity index (χ3n) is 2.40. The van der Waals surface area contributed by atoms with Crippen molar-refractivity contribution in [1.82, 2.24) is 5.32 Å². The molecule has 0 saturated carbocycles. The molecule has 0 unspecified atom stereocenters. The van der Waals surface area contributed by atoms with E-state index in [1.54, 1.807) is 0 Å². The fourth-order valence-corrected chi connectivity index (χ4v) is 1.48. The Kier molecular flexibility index (Phi) is 6.22. The molecule has 1 rings (SSSR count). The van der Waals surface area contributed by atoms with Crippen molar-refractivity contribution in [3.63, 3.8) is 0 Å². The normalized spacial score (nSPS) is 10.5. The standard InChI is InChI=1S/C13H17F2NO/c14-12(15)7-4-10-16-13(17)9-8-11-5-2-1-3-6-11/h1-3,5-6,12H,4,7-10H2,(H,16,17). The molecule has 0 aromatic heterocycles. The van der Waals surface area contributed by atoms with E-state index in [-0.39, 0.29) is 12.3 Å². The summed E-state index contributed by atoms with van der Waals surface area (Å²) in [6.45, 7) is 0.331. The van der Waals surface area contributed by atoms with Gasteiger partial charge in [0, 0.05) is 19.4 Å². The van der Waals surface area contributed by atoms with E-state index in [4.69, 9.17) is 0 Å². The van der Waals surface area contributed by atoms with Crippen LogP contribution in [0, 0.1) is 0 Å². The quantitative estimate of drug-likeness (QED) is 0.731. The highest BCUT2D eigenvalue weighted by atomic mass is 19.3. The molecule has 0 heterocycles. The van der Waals surface area contributed by atoms with Crippen LogP contribution in [0.4, 0.5) is 8.78 Å². The van der Waals surface area contributed by atoms with Crippen LogP contribution in [0.15, 0.2) is 30.3 Å². The van der Waals surface area contributed by atoms with Crippen LogP contribution in [-0.4, -0.2) is 18.9 Å². The molecule has 0 spiro atoms. The molecule has 2 nitrogen and oxygen atoms in total. The summed E-state index contributed by atoms with van der Waals surface area (Å²) in [6, 6.07) is 9.70. The minimum Gasteiger partial charge on any atom is -0.356 e. The fraction of sp³-hybridized carbons (Fsp3) is 0.462. The summed E-state index contributed by atoms with van der Waals surface area (Å²) in [5, 5.41) is 2.64. The molecule has 0 radical (unpaired) electrons. The lowest BCUT2D eigenvalue weighted by Gasteiger charge is -2.05. The van der Waals surface area contributed by atoms with Gasteiger partial charge in [0.05, 0.1) is 0 Å². The van der Waals surface area contributed by atoms with E-state index in [9.17, 15) is 13.6 Å². The van der Waals surface area contributed by atoms with Gasteiger partial charge in [-0.15, -0.1) is 0 Å². The fourth-order valence-electron chi connectivity index (χ4n) is 1.48. The van der Waals surface area contributed by atoms with Crippen LogP contribution in [-0.2, 0) is 11.2 Å².